The second kappa shape index (κ2) is 6.68. The SMILES string of the molecule is Cl.Cn1cc(CN2CCC(C3CCCN3)CC2)nn1. The fourth-order valence-electron chi connectivity index (χ4n) is 3.32. The number of nitrogens with zero attached hydrogens (tertiary/aromatic N) is 4. The lowest BCUT2D eigenvalue weighted by Gasteiger charge is -2.34. The maximum atomic E-state index is 4.17. The third-order valence-electron chi connectivity index (χ3n) is 4.34. The monoisotopic (exact) mass is 285 g/mol. The second-order valence-corrected chi connectivity index (χ2v) is 5.70. The number of likely N-dealkylation sites (tertiary alicyclic amines) is 1. The number of halogens is 1. The highest BCUT2D eigenvalue weighted by molar-refractivity contribution is 5.85. The summed E-state index contributed by atoms with van der Waals surface area (Å²) in [7, 11) is 1.93. The highest BCUT2D eigenvalue weighted by atomic mass is 35.5. The van der Waals surface area contributed by atoms with Crippen molar-refractivity contribution in [2.45, 2.75) is 38.3 Å². The fourth-order valence-corrected chi connectivity index (χ4v) is 3.32. The number of hydrogen-bond donors (Lipinski definition) is 1. The molecule has 3 rings (SSSR count). The van der Waals surface area contributed by atoms with E-state index in [2.05, 4.69) is 20.5 Å². The van der Waals surface area contributed by atoms with Gasteiger partial charge in [-0.15, -0.1) is 17.5 Å². The Labute approximate surface area is 121 Å². The van der Waals surface area contributed by atoms with E-state index >= 15 is 0 Å². The van der Waals surface area contributed by atoms with Gasteiger partial charge in [-0.3, -0.25) is 9.58 Å². The van der Waals surface area contributed by atoms with Gasteiger partial charge in [-0.2, -0.15) is 0 Å². The van der Waals surface area contributed by atoms with Crippen LogP contribution in [-0.4, -0.2) is 45.6 Å². The lowest BCUT2D eigenvalue weighted by molar-refractivity contribution is 0.156. The highest BCUT2D eigenvalue weighted by Gasteiger charge is 2.28. The molecule has 0 aromatic carbocycles. The van der Waals surface area contributed by atoms with Crippen LogP contribution in [0.4, 0.5) is 0 Å². The summed E-state index contributed by atoms with van der Waals surface area (Å²) in [4.78, 5) is 2.51. The number of nitrogens with one attached hydrogen (secondary N) is 1. The minimum absolute atomic E-state index is 0. The highest BCUT2D eigenvalue weighted by Crippen LogP contribution is 2.26. The predicted molar refractivity (Wildman–Crippen MR) is 77.3 cm³/mol. The first-order chi connectivity index (χ1) is 8.81. The van der Waals surface area contributed by atoms with Crippen LogP contribution in [0.2, 0.25) is 0 Å². The van der Waals surface area contributed by atoms with Crippen LogP contribution in [0.1, 0.15) is 31.4 Å². The third-order valence-corrected chi connectivity index (χ3v) is 4.34. The van der Waals surface area contributed by atoms with Crippen LogP contribution in [0.3, 0.4) is 0 Å². The lowest BCUT2D eigenvalue weighted by Crippen LogP contribution is -2.40. The molecule has 6 heteroatoms. The Hall–Kier alpha value is -0.650. The van der Waals surface area contributed by atoms with Gasteiger partial charge in [0.05, 0.1) is 5.69 Å². The second-order valence-electron chi connectivity index (χ2n) is 5.70. The van der Waals surface area contributed by atoms with E-state index in [4.69, 9.17) is 0 Å². The summed E-state index contributed by atoms with van der Waals surface area (Å²) in [6.45, 7) is 4.60. The number of aromatic nitrogens is 3. The molecule has 2 aliphatic heterocycles. The van der Waals surface area contributed by atoms with Crippen molar-refractivity contribution in [3.8, 4) is 0 Å². The molecule has 1 aromatic rings. The van der Waals surface area contributed by atoms with E-state index in [0.717, 1.165) is 24.2 Å². The number of hydrogen-bond acceptors (Lipinski definition) is 4. The molecule has 0 amide bonds. The molecule has 0 bridgehead atoms. The summed E-state index contributed by atoms with van der Waals surface area (Å²) in [6.07, 6.45) is 7.43. The molecule has 1 N–H and O–H groups in total. The summed E-state index contributed by atoms with van der Waals surface area (Å²) in [5.41, 5.74) is 1.09. The quantitative estimate of drug-likeness (QED) is 0.907. The minimum Gasteiger partial charge on any atom is -0.314 e. The standard InChI is InChI=1S/C13H23N5.ClH/c1-17-9-12(15-16-17)10-18-7-4-11(5-8-18)13-3-2-6-14-13;/h9,11,13-14H,2-8,10H2,1H3;1H. The Morgan fingerprint density at radius 2 is 2.11 bits per heavy atom. The fraction of sp³-hybridized carbons (Fsp3) is 0.846. The molecule has 5 nitrogen and oxygen atoms in total. The lowest BCUT2D eigenvalue weighted by atomic mass is 9.88. The van der Waals surface area contributed by atoms with Crippen molar-refractivity contribution in [1.82, 2.24) is 25.2 Å². The maximum Gasteiger partial charge on any atom is 0.0966 e. The predicted octanol–water partition coefficient (Wildman–Crippen LogP) is 1.20. The van der Waals surface area contributed by atoms with Gasteiger partial charge < -0.3 is 5.32 Å². The van der Waals surface area contributed by atoms with E-state index in [-0.39, 0.29) is 12.4 Å². The summed E-state index contributed by atoms with van der Waals surface area (Å²) in [5.74, 6) is 0.894. The van der Waals surface area contributed by atoms with Gasteiger partial charge in [-0.25, -0.2) is 0 Å². The molecule has 1 aromatic heterocycles. The zero-order valence-corrected chi connectivity index (χ0v) is 12.4. The van der Waals surface area contributed by atoms with Crippen LogP contribution in [0.25, 0.3) is 0 Å². The van der Waals surface area contributed by atoms with Gasteiger partial charge in [0.1, 0.15) is 0 Å². The Balaban J connectivity index is 0.00000133. The number of rotatable bonds is 3. The molecule has 2 aliphatic rings. The van der Waals surface area contributed by atoms with Crippen LogP contribution in [-0.2, 0) is 13.6 Å². The molecule has 3 heterocycles. The third kappa shape index (κ3) is 3.68. The van der Waals surface area contributed by atoms with Crippen LogP contribution >= 0.6 is 12.4 Å². The molecule has 19 heavy (non-hydrogen) atoms. The van der Waals surface area contributed by atoms with Crippen molar-refractivity contribution < 1.29 is 0 Å². The van der Waals surface area contributed by atoms with E-state index in [0.29, 0.717) is 0 Å². The maximum absolute atomic E-state index is 4.17. The van der Waals surface area contributed by atoms with E-state index in [1.165, 1.54) is 45.3 Å². The van der Waals surface area contributed by atoms with Crippen LogP contribution in [0.15, 0.2) is 6.20 Å². The first-order valence-corrected chi connectivity index (χ1v) is 7.12. The average molecular weight is 286 g/mol. The van der Waals surface area contributed by atoms with Crippen molar-refractivity contribution in [2.24, 2.45) is 13.0 Å². The van der Waals surface area contributed by atoms with E-state index in [9.17, 15) is 0 Å². The molecule has 0 saturated carbocycles. The van der Waals surface area contributed by atoms with Crippen LogP contribution < -0.4 is 5.32 Å². The number of aryl methyl sites for hydroxylation is 1. The first-order valence-electron chi connectivity index (χ1n) is 7.12. The Morgan fingerprint density at radius 1 is 1.32 bits per heavy atom. The van der Waals surface area contributed by atoms with E-state index < -0.39 is 0 Å². The molecule has 2 fully saturated rings. The Bertz CT molecular complexity index is 380. The zero-order chi connectivity index (χ0) is 12.4. The van der Waals surface area contributed by atoms with Gasteiger partial charge >= 0.3 is 0 Å². The Kier molecular flexibility index (Phi) is 5.19. The summed E-state index contributed by atoms with van der Waals surface area (Å²) in [6, 6.07) is 0.795. The van der Waals surface area contributed by atoms with Crippen molar-refractivity contribution in [3.63, 3.8) is 0 Å². The largest absolute Gasteiger partial charge is 0.314 e. The normalized spacial score (nSPS) is 25.4. The first kappa shape index (κ1) is 14.8. The Morgan fingerprint density at radius 3 is 2.68 bits per heavy atom. The average Bonchev–Trinajstić information content (AvgIpc) is 3.02. The van der Waals surface area contributed by atoms with Gasteiger partial charge in [-0.1, -0.05) is 5.21 Å². The van der Waals surface area contributed by atoms with Crippen molar-refractivity contribution >= 4 is 12.4 Å². The molecule has 0 radical (unpaired) electrons. The van der Waals surface area contributed by atoms with Crippen molar-refractivity contribution in [1.29, 1.82) is 0 Å². The smallest absolute Gasteiger partial charge is 0.0966 e. The molecule has 0 spiro atoms. The van der Waals surface area contributed by atoms with Crippen molar-refractivity contribution in [2.75, 3.05) is 19.6 Å². The molecule has 108 valence electrons. The summed E-state index contributed by atoms with van der Waals surface area (Å²) in [5, 5.41) is 11.8. The van der Waals surface area contributed by atoms with E-state index in [1.54, 1.807) is 4.68 Å². The topological polar surface area (TPSA) is 46.0 Å². The van der Waals surface area contributed by atoms with Gasteiger partial charge in [0.25, 0.3) is 0 Å². The summed E-state index contributed by atoms with van der Waals surface area (Å²) >= 11 is 0. The van der Waals surface area contributed by atoms with Crippen LogP contribution in [0.5, 0.6) is 0 Å². The molecular formula is C13H24ClN5. The minimum atomic E-state index is 0. The molecule has 1 unspecified atom stereocenters. The number of piperidine rings is 1. The van der Waals surface area contributed by atoms with Crippen molar-refractivity contribution in [3.05, 3.63) is 11.9 Å². The summed E-state index contributed by atoms with van der Waals surface area (Å²) < 4.78 is 1.78. The molecule has 0 aliphatic carbocycles. The van der Waals surface area contributed by atoms with Crippen LogP contribution in [0, 0.1) is 5.92 Å². The molecule has 1 atom stereocenters. The van der Waals surface area contributed by atoms with E-state index in [1.807, 2.05) is 13.2 Å². The molecule has 2 saturated heterocycles. The van der Waals surface area contributed by atoms with Gasteiger partial charge in [0.2, 0.25) is 0 Å². The van der Waals surface area contributed by atoms with Gasteiger partial charge in [0.15, 0.2) is 0 Å². The van der Waals surface area contributed by atoms with Gasteiger partial charge in [0, 0.05) is 25.8 Å². The molecular weight excluding hydrogens is 262 g/mol. The zero-order valence-electron chi connectivity index (χ0n) is 11.6. The van der Waals surface area contributed by atoms with Gasteiger partial charge in [-0.05, 0) is 51.2 Å².